The van der Waals surface area contributed by atoms with Crippen LogP contribution in [0.1, 0.15) is 24.0 Å². The molecule has 2 aromatic rings. The summed E-state index contributed by atoms with van der Waals surface area (Å²) >= 11 is 0. The lowest BCUT2D eigenvalue weighted by molar-refractivity contribution is 0.391. The van der Waals surface area contributed by atoms with E-state index in [-0.39, 0.29) is 12.1 Å². The summed E-state index contributed by atoms with van der Waals surface area (Å²) in [5.41, 5.74) is 20.8. The molecule has 0 radical (unpaired) electrons. The standard InChI is InChI=1S/C21H32N4/c22-13-11-20(23)21(24)16-19(15-18-9-5-2-6-10-18)25-14-12-17-7-3-1-4-8-17/h1-10,19-21,25H,11-16,22-24H2/t19-,20?,21?/m0/s1. The third-order valence-electron chi connectivity index (χ3n) is 4.62. The topological polar surface area (TPSA) is 90.1 Å². The molecule has 0 saturated heterocycles. The predicted octanol–water partition coefficient (Wildman–Crippen LogP) is 1.82. The second kappa shape index (κ2) is 11.0. The Labute approximate surface area is 151 Å². The molecular formula is C21H32N4. The van der Waals surface area contributed by atoms with E-state index in [2.05, 4.69) is 53.8 Å². The fourth-order valence-corrected chi connectivity index (χ4v) is 3.11. The SMILES string of the molecule is NCCC(N)C(N)C[C@H](Cc1ccccc1)NCCc1ccccc1. The highest BCUT2D eigenvalue weighted by Gasteiger charge is 2.18. The second-order valence-electron chi connectivity index (χ2n) is 6.72. The van der Waals surface area contributed by atoms with Gasteiger partial charge in [-0.05, 0) is 49.9 Å². The largest absolute Gasteiger partial charge is 0.330 e. The lowest BCUT2D eigenvalue weighted by Crippen LogP contribution is -2.47. The molecular weight excluding hydrogens is 308 g/mol. The van der Waals surface area contributed by atoms with E-state index in [1.807, 2.05) is 12.1 Å². The Hall–Kier alpha value is -1.72. The van der Waals surface area contributed by atoms with Crippen molar-refractivity contribution >= 4 is 0 Å². The smallest absolute Gasteiger partial charge is 0.0207 e. The molecule has 0 heterocycles. The summed E-state index contributed by atoms with van der Waals surface area (Å²) < 4.78 is 0. The van der Waals surface area contributed by atoms with Crippen molar-refractivity contribution in [1.82, 2.24) is 5.32 Å². The Morgan fingerprint density at radius 3 is 2.00 bits per heavy atom. The molecule has 0 aromatic heterocycles. The molecule has 4 heteroatoms. The van der Waals surface area contributed by atoms with Crippen molar-refractivity contribution in [2.45, 2.75) is 43.8 Å². The van der Waals surface area contributed by atoms with Crippen LogP contribution in [-0.4, -0.2) is 31.2 Å². The summed E-state index contributed by atoms with van der Waals surface area (Å²) in [4.78, 5) is 0. The summed E-state index contributed by atoms with van der Waals surface area (Å²) in [6, 6.07) is 21.3. The van der Waals surface area contributed by atoms with Crippen molar-refractivity contribution in [3.05, 3.63) is 71.8 Å². The first-order valence-electron chi connectivity index (χ1n) is 9.21. The van der Waals surface area contributed by atoms with Gasteiger partial charge in [0.25, 0.3) is 0 Å². The van der Waals surface area contributed by atoms with Crippen LogP contribution >= 0.6 is 0 Å². The van der Waals surface area contributed by atoms with E-state index in [0.717, 1.165) is 32.2 Å². The summed E-state index contributed by atoms with van der Waals surface area (Å²) in [6.45, 7) is 1.51. The number of hydrogen-bond acceptors (Lipinski definition) is 4. The quantitative estimate of drug-likeness (QED) is 0.502. The maximum absolute atomic E-state index is 6.32. The van der Waals surface area contributed by atoms with Gasteiger partial charge in [-0.15, -0.1) is 0 Å². The first-order chi connectivity index (χ1) is 12.2. The fourth-order valence-electron chi connectivity index (χ4n) is 3.11. The van der Waals surface area contributed by atoms with Crippen molar-refractivity contribution in [3.8, 4) is 0 Å². The molecule has 2 unspecified atom stereocenters. The molecule has 0 spiro atoms. The maximum atomic E-state index is 6.32. The Morgan fingerprint density at radius 2 is 1.40 bits per heavy atom. The monoisotopic (exact) mass is 340 g/mol. The second-order valence-corrected chi connectivity index (χ2v) is 6.72. The molecule has 0 saturated carbocycles. The first kappa shape index (κ1) is 19.6. The molecule has 2 aromatic carbocycles. The van der Waals surface area contributed by atoms with Crippen LogP contribution in [0.2, 0.25) is 0 Å². The third-order valence-corrected chi connectivity index (χ3v) is 4.62. The van der Waals surface area contributed by atoms with E-state index in [9.17, 15) is 0 Å². The van der Waals surface area contributed by atoms with E-state index >= 15 is 0 Å². The van der Waals surface area contributed by atoms with E-state index in [1.165, 1.54) is 11.1 Å². The molecule has 4 nitrogen and oxygen atoms in total. The molecule has 136 valence electrons. The molecule has 2 rings (SSSR count). The van der Waals surface area contributed by atoms with Gasteiger partial charge in [0.15, 0.2) is 0 Å². The zero-order valence-corrected chi connectivity index (χ0v) is 15.0. The zero-order chi connectivity index (χ0) is 17.9. The van der Waals surface area contributed by atoms with E-state index < -0.39 is 0 Å². The Balaban J connectivity index is 1.91. The van der Waals surface area contributed by atoms with Crippen LogP contribution in [-0.2, 0) is 12.8 Å². The average Bonchev–Trinajstić information content (AvgIpc) is 2.63. The zero-order valence-electron chi connectivity index (χ0n) is 15.0. The van der Waals surface area contributed by atoms with Gasteiger partial charge in [-0.2, -0.15) is 0 Å². The number of hydrogen-bond donors (Lipinski definition) is 4. The molecule has 0 bridgehead atoms. The Morgan fingerprint density at radius 1 is 0.800 bits per heavy atom. The van der Waals surface area contributed by atoms with Crippen LogP contribution in [0.25, 0.3) is 0 Å². The van der Waals surface area contributed by atoms with Crippen molar-refractivity contribution in [3.63, 3.8) is 0 Å². The summed E-state index contributed by atoms with van der Waals surface area (Å²) in [6.07, 6.45) is 3.59. The van der Waals surface area contributed by atoms with Crippen LogP contribution in [0.3, 0.4) is 0 Å². The lowest BCUT2D eigenvalue weighted by Gasteiger charge is -2.26. The molecule has 0 aliphatic carbocycles. The van der Waals surface area contributed by atoms with Crippen molar-refractivity contribution in [1.29, 1.82) is 0 Å². The van der Waals surface area contributed by atoms with Crippen molar-refractivity contribution in [2.75, 3.05) is 13.1 Å². The minimum Gasteiger partial charge on any atom is -0.330 e. The highest BCUT2D eigenvalue weighted by molar-refractivity contribution is 5.17. The Kier molecular flexibility index (Phi) is 8.63. The average molecular weight is 341 g/mol. The van der Waals surface area contributed by atoms with Gasteiger partial charge in [-0.3, -0.25) is 0 Å². The van der Waals surface area contributed by atoms with Crippen LogP contribution in [0.15, 0.2) is 60.7 Å². The molecule has 3 atom stereocenters. The van der Waals surface area contributed by atoms with E-state index in [1.54, 1.807) is 0 Å². The van der Waals surface area contributed by atoms with Crippen LogP contribution < -0.4 is 22.5 Å². The molecule has 7 N–H and O–H groups in total. The van der Waals surface area contributed by atoms with Crippen LogP contribution in [0.4, 0.5) is 0 Å². The normalized spacial score (nSPS) is 14.8. The van der Waals surface area contributed by atoms with Crippen molar-refractivity contribution < 1.29 is 0 Å². The number of benzene rings is 2. The van der Waals surface area contributed by atoms with Gasteiger partial charge in [-0.25, -0.2) is 0 Å². The minimum atomic E-state index is -0.0424. The van der Waals surface area contributed by atoms with Crippen molar-refractivity contribution in [2.24, 2.45) is 17.2 Å². The molecule has 0 amide bonds. The maximum Gasteiger partial charge on any atom is 0.0207 e. The lowest BCUT2D eigenvalue weighted by atomic mass is 9.94. The van der Waals surface area contributed by atoms with Gasteiger partial charge in [0.05, 0.1) is 0 Å². The molecule has 0 fully saturated rings. The fraction of sp³-hybridized carbons (Fsp3) is 0.429. The highest BCUT2D eigenvalue weighted by atomic mass is 14.9. The van der Waals surface area contributed by atoms with Gasteiger partial charge in [0, 0.05) is 18.1 Å². The van der Waals surface area contributed by atoms with E-state index in [0.29, 0.717) is 12.6 Å². The number of nitrogens with one attached hydrogen (secondary N) is 1. The minimum absolute atomic E-state index is 0.0403. The van der Waals surface area contributed by atoms with Gasteiger partial charge in [0.1, 0.15) is 0 Å². The predicted molar refractivity (Wildman–Crippen MR) is 106 cm³/mol. The summed E-state index contributed by atoms with van der Waals surface area (Å²) in [5.74, 6) is 0. The third kappa shape index (κ3) is 7.36. The first-order valence-corrected chi connectivity index (χ1v) is 9.21. The summed E-state index contributed by atoms with van der Waals surface area (Å²) in [5, 5.41) is 3.68. The molecule has 0 aliphatic rings. The Bertz CT molecular complexity index is 573. The van der Waals surface area contributed by atoms with Crippen LogP contribution in [0, 0.1) is 0 Å². The number of rotatable bonds is 11. The van der Waals surface area contributed by atoms with E-state index in [4.69, 9.17) is 17.2 Å². The van der Waals surface area contributed by atoms with Crippen LogP contribution in [0.5, 0.6) is 0 Å². The highest BCUT2D eigenvalue weighted by Crippen LogP contribution is 2.10. The number of nitrogens with two attached hydrogens (primary N) is 3. The molecule has 25 heavy (non-hydrogen) atoms. The van der Waals surface area contributed by atoms with Gasteiger partial charge >= 0.3 is 0 Å². The van der Waals surface area contributed by atoms with Gasteiger partial charge in [0.2, 0.25) is 0 Å². The molecule has 0 aliphatic heterocycles. The van der Waals surface area contributed by atoms with Gasteiger partial charge < -0.3 is 22.5 Å². The van der Waals surface area contributed by atoms with Gasteiger partial charge in [-0.1, -0.05) is 60.7 Å². The summed E-state index contributed by atoms with van der Waals surface area (Å²) in [7, 11) is 0.